The van der Waals surface area contributed by atoms with Gasteiger partial charge in [0.2, 0.25) is 5.89 Å². The second-order valence-corrected chi connectivity index (χ2v) is 6.60. The summed E-state index contributed by atoms with van der Waals surface area (Å²) in [7, 11) is 0. The van der Waals surface area contributed by atoms with E-state index in [4.69, 9.17) is 16.0 Å². The molecule has 1 aromatic heterocycles. The molecule has 24 heavy (non-hydrogen) atoms. The largest absolute Gasteiger partial charge is 0.439 e. The van der Waals surface area contributed by atoms with Crippen LogP contribution in [0.1, 0.15) is 30.3 Å². The minimum atomic E-state index is 0.452. The van der Waals surface area contributed by atoms with E-state index in [0.29, 0.717) is 11.1 Å². The van der Waals surface area contributed by atoms with Gasteiger partial charge in [0.25, 0.3) is 0 Å². The molecule has 1 aliphatic heterocycles. The van der Waals surface area contributed by atoms with Crippen molar-refractivity contribution in [1.29, 1.82) is 0 Å². The van der Waals surface area contributed by atoms with E-state index in [2.05, 4.69) is 40.2 Å². The quantitative estimate of drug-likeness (QED) is 0.643. The third-order valence-corrected chi connectivity index (χ3v) is 4.78. The van der Waals surface area contributed by atoms with Gasteiger partial charge in [-0.05, 0) is 37.1 Å². The van der Waals surface area contributed by atoms with Crippen molar-refractivity contribution in [2.45, 2.75) is 25.4 Å². The molecule has 0 N–H and O–H groups in total. The third kappa shape index (κ3) is 3.23. The molecule has 0 spiro atoms. The number of halogens is 1. The van der Waals surface area contributed by atoms with Crippen LogP contribution in [0.5, 0.6) is 0 Å². The van der Waals surface area contributed by atoms with Gasteiger partial charge in [-0.15, -0.1) is 0 Å². The Hall–Kier alpha value is -2.10. The number of likely N-dealkylation sites (tertiary alicyclic amines) is 1. The normalized spacial score (nSPS) is 18.1. The van der Waals surface area contributed by atoms with E-state index in [9.17, 15) is 0 Å². The van der Waals surface area contributed by atoms with Crippen molar-refractivity contribution in [3.05, 3.63) is 77.3 Å². The molecular weight excluding hydrogens is 320 g/mol. The monoisotopic (exact) mass is 338 g/mol. The average Bonchev–Trinajstić information content (AvgIpc) is 3.26. The first-order valence-electron chi connectivity index (χ1n) is 8.29. The Bertz CT molecular complexity index is 815. The molecule has 0 aliphatic carbocycles. The molecule has 0 radical (unpaired) electrons. The third-order valence-electron chi connectivity index (χ3n) is 4.55. The number of nitrogens with zero attached hydrogens (tertiary/aromatic N) is 2. The SMILES string of the molecule is Clc1cccc(-c2cnc(CN3CCCC3c3ccccc3)o2)c1. The van der Waals surface area contributed by atoms with E-state index >= 15 is 0 Å². The second kappa shape index (κ2) is 6.80. The van der Waals surface area contributed by atoms with Crippen LogP contribution in [-0.2, 0) is 6.54 Å². The molecule has 2 heterocycles. The van der Waals surface area contributed by atoms with E-state index in [1.54, 1.807) is 6.20 Å². The van der Waals surface area contributed by atoms with Gasteiger partial charge in [-0.2, -0.15) is 0 Å². The number of aromatic nitrogens is 1. The van der Waals surface area contributed by atoms with Crippen LogP contribution < -0.4 is 0 Å². The predicted octanol–water partition coefficient (Wildman–Crippen LogP) is 5.33. The Morgan fingerprint density at radius 1 is 1.12 bits per heavy atom. The van der Waals surface area contributed by atoms with Gasteiger partial charge in [0.15, 0.2) is 5.76 Å². The van der Waals surface area contributed by atoms with Crippen LogP contribution in [0, 0.1) is 0 Å². The molecular formula is C20H19ClN2O. The van der Waals surface area contributed by atoms with Gasteiger partial charge in [-0.1, -0.05) is 54.1 Å². The van der Waals surface area contributed by atoms with Crippen LogP contribution in [0.3, 0.4) is 0 Å². The first-order valence-corrected chi connectivity index (χ1v) is 8.67. The molecule has 0 bridgehead atoms. The highest BCUT2D eigenvalue weighted by Crippen LogP contribution is 2.33. The highest BCUT2D eigenvalue weighted by atomic mass is 35.5. The van der Waals surface area contributed by atoms with Crippen molar-refractivity contribution >= 4 is 11.6 Å². The Labute approximate surface area is 146 Å². The maximum absolute atomic E-state index is 6.06. The van der Waals surface area contributed by atoms with E-state index in [0.717, 1.165) is 30.3 Å². The van der Waals surface area contributed by atoms with Crippen molar-refractivity contribution in [3.63, 3.8) is 0 Å². The number of hydrogen-bond acceptors (Lipinski definition) is 3. The van der Waals surface area contributed by atoms with Crippen molar-refractivity contribution < 1.29 is 4.42 Å². The predicted molar refractivity (Wildman–Crippen MR) is 95.8 cm³/mol. The number of oxazole rings is 1. The minimum Gasteiger partial charge on any atom is -0.439 e. The summed E-state index contributed by atoms with van der Waals surface area (Å²) in [6.07, 6.45) is 4.18. The molecule has 2 aromatic carbocycles. The fourth-order valence-electron chi connectivity index (χ4n) is 3.40. The van der Waals surface area contributed by atoms with Crippen LogP contribution in [0.2, 0.25) is 5.02 Å². The lowest BCUT2D eigenvalue weighted by molar-refractivity contribution is 0.224. The molecule has 4 heteroatoms. The lowest BCUT2D eigenvalue weighted by Crippen LogP contribution is -2.22. The summed E-state index contributed by atoms with van der Waals surface area (Å²) >= 11 is 6.06. The molecule has 1 unspecified atom stereocenters. The molecule has 1 saturated heterocycles. The van der Waals surface area contributed by atoms with Crippen molar-refractivity contribution in [3.8, 4) is 11.3 Å². The Morgan fingerprint density at radius 2 is 2.00 bits per heavy atom. The molecule has 1 fully saturated rings. The molecule has 0 amide bonds. The second-order valence-electron chi connectivity index (χ2n) is 6.17. The van der Waals surface area contributed by atoms with Gasteiger partial charge in [0.1, 0.15) is 0 Å². The highest BCUT2D eigenvalue weighted by Gasteiger charge is 2.27. The van der Waals surface area contributed by atoms with Gasteiger partial charge in [-0.3, -0.25) is 4.90 Å². The summed E-state index contributed by atoms with van der Waals surface area (Å²) in [6, 6.07) is 18.8. The van der Waals surface area contributed by atoms with Crippen LogP contribution in [0.25, 0.3) is 11.3 Å². The Balaban J connectivity index is 1.51. The van der Waals surface area contributed by atoms with Gasteiger partial charge in [-0.25, -0.2) is 4.98 Å². The zero-order chi connectivity index (χ0) is 16.4. The van der Waals surface area contributed by atoms with Crippen LogP contribution in [0.15, 0.2) is 65.2 Å². The first kappa shape index (κ1) is 15.4. The number of hydrogen-bond donors (Lipinski definition) is 0. The van der Waals surface area contributed by atoms with E-state index < -0.39 is 0 Å². The van der Waals surface area contributed by atoms with Gasteiger partial charge >= 0.3 is 0 Å². The average molecular weight is 339 g/mol. The van der Waals surface area contributed by atoms with Crippen LogP contribution >= 0.6 is 11.6 Å². The van der Waals surface area contributed by atoms with Crippen molar-refractivity contribution in [2.24, 2.45) is 0 Å². The molecule has 122 valence electrons. The van der Waals surface area contributed by atoms with E-state index in [1.165, 1.54) is 18.4 Å². The zero-order valence-corrected chi connectivity index (χ0v) is 14.1. The Kier molecular flexibility index (Phi) is 4.37. The zero-order valence-electron chi connectivity index (χ0n) is 13.4. The van der Waals surface area contributed by atoms with Crippen molar-refractivity contribution in [1.82, 2.24) is 9.88 Å². The topological polar surface area (TPSA) is 29.3 Å². The highest BCUT2D eigenvalue weighted by molar-refractivity contribution is 6.30. The molecule has 4 rings (SSSR count). The number of benzene rings is 2. The van der Waals surface area contributed by atoms with Gasteiger partial charge in [0.05, 0.1) is 12.7 Å². The summed E-state index contributed by atoms with van der Waals surface area (Å²) < 4.78 is 5.96. The molecule has 3 nitrogen and oxygen atoms in total. The Morgan fingerprint density at radius 3 is 2.83 bits per heavy atom. The lowest BCUT2D eigenvalue weighted by Gasteiger charge is -2.23. The summed E-state index contributed by atoms with van der Waals surface area (Å²) in [5, 5.41) is 0.703. The summed E-state index contributed by atoms with van der Waals surface area (Å²) in [5.41, 5.74) is 2.33. The first-order chi connectivity index (χ1) is 11.8. The minimum absolute atomic E-state index is 0.452. The van der Waals surface area contributed by atoms with Gasteiger partial charge in [0, 0.05) is 16.6 Å². The molecule has 1 atom stereocenters. The smallest absolute Gasteiger partial charge is 0.209 e. The molecule has 1 aliphatic rings. The maximum Gasteiger partial charge on any atom is 0.209 e. The molecule has 0 saturated carbocycles. The van der Waals surface area contributed by atoms with Crippen LogP contribution in [-0.4, -0.2) is 16.4 Å². The number of rotatable bonds is 4. The van der Waals surface area contributed by atoms with E-state index in [1.807, 2.05) is 24.3 Å². The fraction of sp³-hybridized carbons (Fsp3) is 0.250. The standard InChI is InChI=1S/C20H19ClN2O/c21-17-9-4-8-16(12-17)19-13-22-20(24-19)14-23-11-5-10-18(23)15-6-2-1-3-7-15/h1-4,6-9,12-13,18H,5,10-11,14H2. The molecule has 3 aromatic rings. The fourth-order valence-corrected chi connectivity index (χ4v) is 3.59. The van der Waals surface area contributed by atoms with E-state index in [-0.39, 0.29) is 0 Å². The lowest BCUT2D eigenvalue weighted by atomic mass is 10.0. The van der Waals surface area contributed by atoms with Gasteiger partial charge < -0.3 is 4.42 Å². The van der Waals surface area contributed by atoms with Crippen molar-refractivity contribution in [2.75, 3.05) is 6.54 Å². The summed E-state index contributed by atoms with van der Waals surface area (Å²) in [6.45, 7) is 1.81. The summed E-state index contributed by atoms with van der Waals surface area (Å²) in [4.78, 5) is 6.91. The maximum atomic E-state index is 6.06. The summed E-state index contributed by atoms with van der Waals surface area (Å²) in [5.74, 6) is 1.52. The van der Waals surface area contributed by atoms with Crippen LogP contribution in [0.4, 0.5) is 0 Å².